The molecule has 1 aliphatic heterocycles. The largest absolute Gasteiger partial charge is 0.322 e. The summed E-state index contributed by atoms with van der Waals surface area (Å²) in [5, 5.41) is 3.32. The molecular weight excluding hydrogens is 352 g/mol. The highest BCUT2D eigenvalue weighted by Crippen LogP contribution is 2.25. The number of hydrogen-bond acceptors (Lipinski definition) is 3. The molecule has 134 valence electrons. The first-order valence-electron chi connectivity index (χ1n) is 8.50. The van der Waals surface area contributed by atoms with Crippen LogP contribution >= 0.6 is 11.6 Å². The lowest BCUT2D eigenvalue weighted by molar-refractivity contribution is 0.0652. The second-order valence-corrected chi connectivity index (χ2v) is 6.70. The Morgan fingerprint density at radius 3 is 2.50 bits per heavy atom. The summed E-state index contributed by atoms with van der Waals surface area (Å²) >= 11 is 6.07. The Kier molecular flexibility index (Phi) is 5.09. The van der Waals surface area contributed by atoms with Crippen molar-refractivity contribution in [2.24, 2.45) is 0 Å². The van der Waals surface area contributed by atoms with Crippen LogP contribution in [0.1, 0.15) is 56.4 Å². The molecule has 0 fully saturated rings. The van der Waals surface area contributed by atoms with Gasteiger partial charge >= 0.3 is 0 Å². The van der Waals surface area contributed by atoms with Crippen molar-refractivity contribution in [3.05, 3.63) is 63.7 Å². The highest BCUT2D eigenvalue weighted by atomic mass is 35.5. The molecule has 0 radical (unpaired) electrons. The van der Waals surface area contributed by atoms with Gasteiger partial charge < -0.3 is 5.32 Å². The zero-order valence-electron chi connectivity index (χ0n) is 14.6. The zero-order chi connectivity index (χ0) is 18.8. The van der Waals surface area contributed by atoms with Crippen LogP contribution in [0, 0.1) is 6.92 Å². The van der Waals surface area contributed by atoms with E-state index in [1.165, 1.54) is 11.0 Å². The maximum Gasteiger partial charge on any atom is 0.261 e. The first-order valence-corrected chi connectivity index (χ1v) is 8.88. The number of imide groups is 1. The number of rotatable bonds is 5. The minimum absolute atomic E-state index is 0.278. The Morgan fingerprint density at radius 1 is 1.08 bits per heavy atom. The lowest BCUT2D eigenvalue weighted by atomic mass is 10.1. The van der Waals surface area contributed by atoms with Gasteiger partial charge in [0.25, 0.3) is 17.7 Å². The molecule has 3 rings (SSSR count). The maximum absolute atomic E-state index is 12.5. The lowest BCUT2D eigenvalue weighted by Gasteiger charge is -2.12. The molecule has 1 heterocycles. The summed E-state index contributed by atoms with van der Waals surface area (Å²) in [5.74, 6) is -0.998. The smallest absolute Gasteiger partial charge is 0.261 e. The van der Waals surface area contributed by atoms with Gasteiger partial charge in [-0.25, -0.2) is 0 Å². The third kappa shape index (κ3) is 3.35. The number of amides is 3. The molecule has 0 saturated heterocycles. The third-order valence-corrected chi connectivity index (χ3v) is 4.81. The van der Waals surface area contributed by atoms with Crippen LogP contribution in [0.4, 0.5) is 5.69 Å². The Balaban J connectivity index is 1.82. The first kappa shape index (κ1) is 18.1. The van der Waals surface area contributed by atoms with Gasteiger partial charge in [-0.3, -0.25) is 19.3 Å². The number of anilines is 1. The van der Waals surface area contributed by atoms with E-state index in [0.717, 1.165) is 18.4 Å². The molecule has 1 aliphatic rings. The predicted octanol–water partition coefficient (Wildman–Crippen LogP) is 4.30. The van der Waals surface area contributed by atoms with Crippen molar-refractivity contribution in [1.82, 2.24) is 4.90 Å². The van der Waals surface area contributed by atoms with Gasteiger partial charge in [-0.15, -0.1) is 0 Å². The summed E-state index contributed by atoms with van der Waals surface area (Å²) < 4.78 is 0. The SMILES string of the molecule is CCCCN1C(=O)c2ccc(C(=O)Nc3ccc(C)c(Cl)c3)cc2C1=O. The number of fused-ring (bicyclic) bond motifs is 1. The van der Waals surface area contributed by atoms with Crippen molar-refractivity contribution in [2.75, 3.05) is 11.9 Å². The van der Waals surface area contributed by atoms with Crippen LogP contribution < -0.4 is 5.32 Å². The van der Waals surface area contributed by atoms with Gasteiger partial charge in [0.2, 0.25) is 0 Å². The predicted molar refractivity (Wildman–Crippen MR) is 101 cm³/mol. The topological polar surface area (TPSA) is 66.5 Å². The fourth-order valence-corrected chi connectivity index (χ4v) is 3.01. The van der Waals surface area contributed by atoms with E-state index < -0.39 is 0 Å². The van der Waals surface area contributed by atoms with Gasteiger partial charge in [-0.2, -0.15) is 0 Å². The Bertz CT molecular complexity index is 908. The van der Waals surface area contributed by atoms with Crippen LogP contribution in [0.25, 0.3) is 0 Å². The van der Waals surface area contributed by atoms with E-state index >= 15 is 0 Å². The molecule has 2 aromatic rings. The molecule has 0 aliphatic carbocycles. The van der Waals surface area contributed by atoms with E-state index in [9.17, 15) is 14.4 Å². The Hall–Kier alpha value is -2.66. The molecule has 0 atom stereocenters. The molecule has 5 nitrogen and oxygen atoms in total. The minimum atomic E-state index is -0.361. The molecule has 6 heteroatoms. The van der Waals surface area contributed by atoms with Crippen LogP contribution in [-0.2, 0) is 0 Å². The second kappa shape index (κ2) is 7.30. The number of aryl methyl sites for hydroxylation is 1. The molecule has 0 spiro atoms. The molecule has 26 heavy (non-hydrogen) atoms. The number of carbonyl (C=O) groups excluding carboxylic acids is 3. The van der Waals surface area contributed by atoms with Crippen molar-refractivity contribution < 1.29 is 14.4 Å². The van der Waals surface area contributed by atoms with Crippen molar-refractivity contribution in [2.45, 2.75) is 26.7 Å². The van der Waals surface area contributed by atoms with Gasteiger partial charge in [-0.1, -0.05) is 31.0 Å². The van der Waals surface area contributed by atoms with E-state index in [1.807, 2.05) is 19.9 Å². The second-order valence-electron chi connectivity index (χ2n) is 6.29. The molecule has 0 saturated carbocycles. The normalized spacial score (nSPS) is 13.1. The van der Waals surface area contributed by atoms with E-state index in [0.29, 0.717) is 28.4 Å². The Morgan fingerprint density at radius 2 is 1.81 bits per heavy atom. The first-order chi connectivity index (χ1) is 12.4. The monoisotopic (exact) mass is 370 g/mol. The molecular formula is C20H19ClN2O3. The van der Waals surface area contributed by atoms with Gasteiger partial charge in [0.1, 0.15) is 0 Å². The molecule has 0 aromatic heterocycles. The van der Waals surface area contributed by atoms with Crippen LogP contribution in [0.5, 0.6) is 0 Å². The van der Waals surface area contributed by atoms with Crippen molar-refractivity contribution in [3.63, 3.8) is 0 Å². The summed E-state index contributed by atoms with van der Waals surface area (Å²) in [6.45, 7) is 4.27. The van der Waals surface area contributed by atoms with Crippen LogP contribution in [-0.4, -0.2) is 29.2 Å². The quantitative estimate of drug-likeness (QED) is 0.798. The number of benzene rings is 2. The van der Waals surface area contributed by atoms with Gasteiger partial charge in [0.05, 0.1) is 11.1 Å². The van der Waals surface area contributed by atoms with Crippen molar-refractivity contribution in [1.29, 1.82) is 0 Å². The lowest BCUT2D eigenvalue weighted by Crippen LogP contribution is -2.30. The molecule has 0 unspecified atom stereocenters. The van der Waals surface area contributed by atoms with Gasteiger partial charge in [-0.05, 0) is 49.2 Å². The number of unbranched alkanes of at least 4 members (excludes halogenated alkanes) is 1. The minimum Gasteiger partial charge on any atom is -0.322 e. The summed E-state index contributed by atoms with van der Waals surface area (Å²) in [6, 6.07) is 9.81. The van der Waals surface area contributed by atoms with Crippen LogP contribution in [0.2, 0.25) is 5.02 Å². The molecule has 2 aromatic carbocycles. The highest BCUT2D eigenvalue weighted by Gasteiger charge is 2.35. The maximum atomic E-state index is 12.5. The number of carbonyl (C=O) groups is 3. The average molecular weight is 371 g/mol. The molecule has 1 N–H and O–H groups in total. The van der Waals surface area contributed by atoms with Gasteiger partial charge in [0.15, 0.2) is 0 Å². The Labute approximate surface area is 156 Å². The van der Waals surface area contributed by atoms with Gasteiger partial charge in [0, 0.05) is 22.8 Å². The van der Waals surface area contributed by atoms with E-state index in [2.05, 4.69) is 5.32 Å². The summed E-state index contributed by atoms with van der Waals surface area (Å²) in [4.78, 5) is 38.6. The summed E-state index contributed by atoms with van der Waals surface area (Å²) in [7, 11) is 0. The van der Waals surface area contributed by atoms with Crippen molar-refractivity contribution in [3.8, 4) is 0 Å². The number of halogens is 1. The van der Waals surface area contributed by atoms with E-state index in [1.54, 1.807) is 24.3 Å². The van der Waals surface area contributed by atoms with Crippen LogP contribution in [0.3, 0.4) is 0 Å². The van der Waals surface area contributed by atoms with E-state index in [-0.39, 0.29) is 23.3 Å². The van der Waals surface area contributed by atoms with E-state index in [4.69, 9.17) is 11.6 Å². The fourth-order valence-electron chi connectivity index (χ4n) is 2.83. The molecule has 0 bridgehead atoms. The number of hydrogen-bond donors (Lipinski definition) is 1. The average Bonchev–Trinajstić information content (AvgIpc) is 2.86. The van der Waals surface area contributed by atoms with Crippen molar-refractivity contribution >= 4 is 35.0 Å². The molecule has 3 amide bonds. The fraction of sp³-hybridized carbons (Fsp3) is 0.250. The number of nitrogens with one attached hydrogen (secondary N) is 1. The highest BCUT2D eigenvalue weighted by molar-refractivity contribution is 6.31. The number of nitrogens with zero attached hydrogens (tertiary/aromatic N) is 1. The zero-order valence-corrected chi connectivity index (χ0v) is 15.4. The standard InChI is InChI=1S/C20H19ClN2O3/c1-3-4-9-23-19(25)15-8-6-13(10-16(15)20(23)26)18(24)22-14-7-5-12(2)17(21)11-14/h5-8,10-11H,3-4,9H2,1-2H3,(H,22,24). The van der Waals surface area contributed by atoms with Crippen LogP contribution in [0.15, 0.2) is 36.4 Å². The third-order valence-electron chi connectivity index (χ3n) is 4.40. The summed E-state index contributed by atoms with van der Waals surface area (Å²) in [5.41, 5.74) is 2.43. The summed E-state index contributed by atoms with van der Waals surface area (Å²) in [6.07, 6.45) is 1.65.